The Morgan fingerprint density at radius 3 is 1.45 bits per heavy atom. The first-order valence-corrected chi connectivity index (χ1v) is 17.9. The number of benzene rings is 1. The molecule has 1 aromatic carbocycles. The highest BCUT2D eigenvalue weighted by Gasteiger charge is 2.26. The monoisotopic (exact) mass is 552 g/mol. The average Bonchev–Trinajstić information content (AvgIpc) is 3.51. The fraction of sp³-hybridized carbons (Fsp3) is 0.763. The number of H-pyrrole nitrogens is 1. The molecule has 0 fully saturated rings. The Morgan fingerprint density at radius 2 is 1.00 bits per heavy atom. The molecule has 0 spiro atoms. The van der Waals surface area contributed by atoms with Crippen LogP contribution in [0, 0.1) is 5.92 Å². The smallest absolute Gasteiger partial charge is 0.241 e. The first-order valence-electron chi connectivity index (χ1n) is 17.9. The van der Waals surface area contributed by atoms with Gasteiger partial charge in [0.1, 0.15) is 18.4 Å². The van der Waals surface area contributed by atoms with Crippen molar-refractivity contribution in [2.24, 2.45) is 5.92 Å². The molecule has 0 aliphatic heterocycles. The van der Waals surface area contributed by atoms with Crippen molar-refractivity contribution in [3.63, 3.8) is 0 Å². The molecule has 1 heterocycles. The van der Waals surface area contributed by atoms with Crippen molar-refractivity contribution < 1.29 is 4.57 Å². The average molecular weight is 552 g/mol. The molecule has 2 aromatic rings. The van der Waals surface area contributed by atoms with E-state index in [2.05, 4.69) is 72.5 Å². The minimum absolute atomic E-state index is 0.605. The molecule has 1 N–H and O–H groups in total. The second kappa shape index (κ2) is 25.2. The van der Waals surface area contributed by atoms with Crippen molar-refractivity contribution in [3.8, 4) is 0 Å². The summed E-state index contributed by atoms with van der Waals surface area (Å²) in [6.45, 7) is 4.62. The summed E-state index contributed by atoms with van der Waals surface area (Å²) in [5, 5.41) is 0. The van der Waals surface area contributed by atoms with Crippen LogP contribution in [0.5, 0.6) is 0 Å². The molecule has 1 aromatic heterocycles. The summed E-state index contributed by atoms with van der Waals surface area (Å²) in [4.78, 5) is 3.35. The molecule has 0 aliphatic rings. The van der Waals surface area contributed by atoms with Crippen molar-refractivity contribution in [2.75, 3.05) is 0 Å². The number of aromatic amines is 1. The Bertz CT molecular complexity index is 753. The summed E-state index contributed by atoms with van der Waals surface area (Å²) in [5.41, 5.74) is 1.51. The van der Waals surface area contributed by atoms with Gasteiger partial charge in [-0.05, 0) is 31.2 Å². The summed E-state index contributed by atoms with van der Waals surface area (Å²) < 4.78 is 2.50. The predicted octanol–water partition coefficient (Wildman–Crippen LogP) is 12.1. The van der Waals surface area contributed by atoms with Gasteiger partial charge in [-0.2, -0.15) is 0 Å². The molecule has 0 saturated heterocycles. The van der Waals surface area contributed by atoms with E-state index < -0.39 is 0 Å². The van der Waals surface area contributed by atoms with Gasteiger partial charge in [-0.25, -0.2) is 4.57 Å². The maximum absolute atomic E-state index is 3.35. The van der Waals surface area contributed by atoms with E-state index in [1.807, 2.05) is 0 Å². The molecular formula is C38H67N2+. The SMILES string of the molecule is CCCCCCCCCCCCCCC(Cc1ccccc1)C(CCCCCCCCCCCC)[n+]1cc[nH]c1. The quantitative estimate of drug-likeness (QED) is 0.0801. The lowest BCUT2D eigenvalue weighted by atomic mass is 9.84. The molecule has 2 nitrogen and oxygen atoms in total. The largest absolute Gasteiger partial charge is 0.250 e. The lowest BCUT2D eigenvalue weighted by Crippen LogP contribution is -2.42. The molecule has 2 heteroatoms. The van der Waals surface area contributed by atoms with E-state index in [0.717, 1.165) is 0 Å². The van der Waals surface area contributed by atoms with Crippen LogP contribution in [-0.4, -0.2) is 4.98 Å². The Morgan fingerprint density at radius 1 is 0.550 bits per heavy atom. The second-order valence-electron chi connectivity index (χ2n) is 12.7. The normalized spacial score (nSPS) is 13.1. The summed E-state index contributed by atoms with van der Waals surface area (Å²) in [7, 11) is 0. The topological polar surface area (TPSA) is 19.7 Å². The summed E-state index contributed by atoms with van der Waals surface area (Å²) in [6, 6.07) is 11.9. The van der Waals surface area contributed by atoms with Gasteiger partial charge in [0.05, 0.1) is 0 Å². The van der Waals surface area contributed by atoms with Crippen LogP contribution in [0.4, 0.5) is 0 Å². The summed E-state index contributed by atoms with van der Waals surface area (Å²) in [5.74, 6) is 0.713. The first kappa shape index (κ1) is 34.6. The number of aromatic nitrogens is 2. The van der Waals surface area contributed by atoms with Crippen LogP contribution in [0.2, 0.25) is 0 Å². The Labute approximate surface area is 250 Å². The summed E-state index contributed by atoms with van der Waals surface area (Å²) in [6.07, 6.45) is 41.8. The van der Waals surface area contributed by atoms with Crippen molar-refractivity contribution in [1.29, 1.82) is 0 Å². The van der Waals surface area contributed by atoms with Crippen molar-refractivity contribution in [2.45, 2.75) is 180 Å². The van der Waals surface area contributed by atoms with Crippen LogP contribution in [0.25, 0.3) is 0 Å². The highest BCUT2D eigenvalue weighted by molar-refractivity contribution is 5.15. The molecule has 40 heavy (non-hydrogen) atoms. The van der Waals surface area contributed by atoms with Crippen LogP contribution >= 0.6 is 0 Å². The van der Waals surface area contributed by atoms with Crippen LogP contribution in [0.15, 0.2) is 49.1 Å². The maximum atomic E-state index is 3.35. The van der Waals surface area contributed by atoms with E-state index in [-0.39, 0.29) is 0 Å². The Hall–Kier alpha value is -1.57. The molecule has 0 radical (unpaired) electrons. The van der Waals surface area contributed by atoms with Gasteiger partial charge >= 0.3 is 0 Å². The van der Waals surface area contributed by atoms with Gasteiger partial charge < -0.3 is 0 Å². The molecule has 228 valence electrons. The number of hydrogen-bond acceptors (Lipinski definition) is 0. The highest BCUT2D eigenvalue weighted by Crippen LogP contribution is 2.29. The van der Waals surface area contributed by atoms with Crippen molar-refractivity contribution >= 4 is 0 Å². The molecule has 2 unspecified atom stereocenters. The van der Waals surface area contributed by atoms with Gasteiger partial charge in [0, 0.05) is 5.92 Å². The zero-order valence-corrected chi connectivity index (χ0v) is 26.9. The molecule has 0 aliphatic carbocycles. The third-order valence-electron chi connectivity index (χ3n) is 9.12. The van der Waals surface area contributed by atoms with Crippen LogP contribution < -0.4 is 4.57 Å². The fourth-order valence-electron chi connectivity index (χ4n) is 6.57. The number of rotatable bonds is 28. The first-order chi connectivity index (χ1) is 19.8. The fourth-order valence-corrected chi connectivity index (χ4v) is 6.57. The zero-order chi connectivity index (χ0) is 28.4. The zero-order valence-electron chi connectivity index (χ0n) is 26.9. The van der Waals surface area contributed by atoms with Crippen LogP contribution in [-0.2, 0) is 6.42 Å². The van der Waals surface area contributed by atoms with E-state index in [9.17, 15) is 0 Å². The third-order valence-corrected chi connectivity index (χ3v) is 9.12. The lowest BCUT2D eigenvalue weighted by molar-refractivity contribution is -0.730. The van der Waals surface area contributed by atoms with Gasteiger partial charge in [0.25, 0.3) is 0 Å². The second-order valence-corrected chi connectivity index (χ2v) is 12.7. The minimum atomic E-state index is 0.605. The molecule has 0 bridgehead atoms. The van der Waals surface area contributed by atoms with E-state index in [4.69, 9.17) is 0 Å². The van der Waals surface area contributed by atoms with E-state index in [1.165, 1.54) is 166 Å². The maximum Gasteiger partial charge on any atom is 0.241 e. The van der Waals surface area contributed by atoms with Gasteiger partial charge in [-0.15, -0.1) is 0 Å². The minimum Gasteiger partial charge on any atom is -0.250 e. The van der Waals surface area contributed by atoms with E-state index in [1.54, 1.807) is 0 Å². The van der Waals surface area contributed by atoms with Gasteiger partial charge in [0.15, 0.2) is 0 Å². The Balaban J connectivity index is 1.74. The van der Waals surface area contributed by atoms with Gasteiger partial charge in [-0.3, -0.25) is 4.98 Å². The summed E-state index contributed by atoms with van der Waals surface area (Å²) >= 11 is 0. The van der Waals surface area contributed by atoms with Crippen molar-refractivity contribution in [3.05, 3.63) is 54.6 Å². The Kier molecular flexibility index (Phi) is 21.8. The van der Waals surface area contributed by atoms with E-state index >= 15 is 0 Å². The third kappa shape index (κ3) is 17.3. The molecular weight excluding hydrogens is 484 g/mol. The molecule has 0 amide bonds. The number of nitrogens with zero attached hydrogens (tertiary/aromatic N) is 1. The molecule has 2 atom stereocenters. The number of nitrogens with one attached hydrogen (secondary N) is 1. The standard InChI is InChI=1S/C38H66N2/c1-3-5-7-9-11-13-15-16-17-19-21-26-30-37(34-36-28-24-23-25-29-36)38(40-33-32-39-35-40)31-27-22-20-18-14-12-10-8-6-4-2/h23-25,28-29,32-33,35,37-38H,3-22,26-27,30-31,34H2,1-2H3/p+1. The number of unbranched alkanes of at least 4 members (excludes halogenated alkanes) is 20. The van der Waals surface area contributed by atoms with Gasteiger partial charge in [-0.1, -0.05) is 179 Å². The van der Waals surface area contributed by atoms with Gasteiger partial charge in [0.2, 0.25) is 6.33 Å². The number of hydrogen-bond donors (Lipinski definition) is 1. The molecule has 2 rings (SSSR count). The number of imidazole rings is 1. The van der Waals surface area contributed by atoms with Crippen LogP contribution in [0.1, 0.15) is 180 Å². The molecule has 0 saturated carbocycles. The highest BCUT2D eigenvalue weighted by atomic mass is 15.1. The van der Waals surface area contributed by atoms with Crippen LogP contribution in [0.3, 0.4) is 0 Å². The lowest BCUT2D eigenvalue weighted by Gasteiger charge is -2.25. The predicted molar refractivity (Wildman–Crippen MR) is 176 cm³/mol. The van der Waals surface area contributed by atoms with E-state index in [0.29, 0.717) is 12.0 Å². The van der Waals surface area contributed by atoms with Crippen molar-refractivity contribution in [1.82, 2.24) is 4.98 Å².